The summed E-state index contributed by atoms with van der Waals surface area (Å²) in [5, 5.41) is 10.5. The fourth-order valence-electron chi connectivity index (χ4n) is 5.02. The monoisotopic (exact) mass is 506 g/mol. The molecule has 0 saturated heterocycles. The number of phenols is 1. The van der Waals surface area contributed by atoms with Crippen LogP contribution in [0.5, 0.6) is 11.5 Å². The van der Waals surface area contributed by atoms with Crippen molar-refractivity contribution in [3.63, 3.8) is 0 Å². The van der Waals surface area contributed by atoms with Crippen LogP contribution in [0.1, 0.15) is 110 Å². The highest BCUT2D eigenvalue weighted by Gasteiger charge is 2.13. The van der Waals surface area contributed by atoms with Gasteiger partial charge in [0, 0.05) is 28.6 Å². The minimum Gasteiger partial charge on any atom is -0.508 e. The van der Waals surface area contributed by atoms with E-state index in [1.54, 1.807) is 12.1 Å². The van der Waals surface area contributed by atoms with E-state index in [2.05, 4.69) is 6.92 Å². The summed E-state index contributed by atoms with van der Waals surface area (Å²) in [7, 11) is 0. The first kappa shape index (κ1) is 28.8. The van der Waals surface area contributed by atoms with Gasteiger partial charge in [-0.25, -0.2) is 4.79 Å². The Labute approximate surface area is 223 Å². The Morgan fingerprint density at radius 3 is 1.86 bits per heavy atom. The molecule has 0 unspecified atom stereocenters. The number of ether oxygens (including phenoxy) is 1. The van der Waals surface area contributed by atoms with Gasteiger partial charge in [-0.1, -0.05) is 121 Å². The molecule has 202 valence electrons. The third-order valence-corrected chi connectivity index (χ3v) is 7.16. The SMILES string of the molecule is CCCCCCCCCCCCCCCCCCOc1ccccc1-c1cc(=O)oc2cc(O)ccc12. The van der Waals surface area contributed by atoms with E-state index in [1.807, 2.05) is 24.3 Å². The Bertz CT molecular complexity index is 1100. The zero-order valence-corrected chi connectivity index (χ0v) is 22.8. The molecule has 4 heteroatoms. The molecule has 0 spiro atoms. The minimum atomic E-state index is -0.444. The van der Waals surface area contributed by atoms with Crippen LogP contribution in [0.25, 0.3) is 22.1 Å². The molecular formula is C33H46O4. The third kappa shape index (κ3) is 10.3. The molecule has 37 heavy (non-hydrogen) atoms. The first-order valence-corrected chi connectivity index (χ1v) is 14.7. The van der Waals surface area contributed by atoms with Crippen molar-refractivity contribution in [3.05, 3.63) is 59.0 Å². The summed E-state index contributed by atoms with van der Waals surface area (Å²) >= 11 is 0. The fourth-order valence-corrected chi connectivity index (χ4v) is 5.02. The molecule has 0 aliphatic carbocycles. The number of aromatic hydroxyl groups is 1. The highest BCUT2D eigenvalue weighted by molar-refractivity contribution is 5.95. The van der Waals surface area contributed by atoms with Gasteiger partial charge in [0.2, 0.25) is 0 Å². The highest BCUT2D eigenvalue weighted by Crippen LogP contribution is 2.35. The van der Waals surface area contributed by atoms with E-state index in [-0.39, 0.29) is 5.75 Å². The smallest absolute Gasteiger partial charge is 0.336 e. The molecular weight excluding hydrogens is 460 g/mol. The van der Waals surface area contributed by atoms with Gasteiger partial charge in [0.05, 0.1) is 6.61 Å². The normalized spacial score (nSPS) is 11.3. The Balaban J connectivity index is 1.30. The molecule has 0 aliphatic heterocycles. The van der Waals surface area contributed by atoms with Crippen molar-refractivity contribution < 1.29 is 14.3 Å². The van der Waals surface area contributed by atoms with Gasteiger partial charge in [-0.3, -0.25) is 0 Å². The molecule has 3 aromatic rings. The van der Waals surface area contributed by atoms with Crippen molar-refractivity contribution in [2.45, 2.75) is 110 Å². The maximum atomic E-state index is 12.1. The molecule has 0 fully saturated rings. The average molecular weight is 507 g/mol. The topological polar surface area (TPSA) is 59.7 Å². The first-order chi connectivity index (χ1) is 18.2. The third-order valence-electron chi connectivity index (χ3n) is 7.16. The van der Waals surface area contributed by atoms with Crippen molar-refractivity contribution >= 4 is 11.0 Å². The quantitative estimate of drug-likeness (QED) is 0.130. The Kier molecular flexibility index (Phi) is 13.2. The van der Waals surface area contributed by atoms with Crippen LogP contribution in [0.4, 0.5) is 0 Å². The lowest BCUT2D eigenvalue weighted by Crippen LogP contribution is -2.01. The van der Waals surface area contributed by atoms with Crippen LogP contribution >= 0.6 is 0 Å². The van der Waals surface area contributed by atoms with E-state index < -0.39 is 5.63 Å². The molecule has 1 heterocycles. The van der Waals surface area contributed by atoms with E-state index in [0.29, 0.717) is 12.2 Å². The first-order valence-electron chi connectivity index (χ1n) is 14.7. The predicted molar refractivity (Wildman–Crippen MR) is 155 cm³/mol. The Morgan fingerprint density at radius 1 is 0.676 bits per heavy atom. The summed E-state index contributed by atoms with van der Waals surface area (Å²) in [6, 6.07) is 14.1. The number of benzene rings is 2. The van der Waals surface area contributed by atoms with Crippen LogP contribution in [-0.2, 0) is 0 Å². The van der Waals surface area contributed by atoms with E-state index >= 15 is 0 Å². The lowest BCUT2D eigenvalue weighted by atomic mass is 10.0. The Hall–Kier alpha value is -2.75. The molecule has 4 nitrogen and oxygen atoms in total. The summed E-state index contributed by atoms with van der Waals surface area (Å²) < 4.78 is 11.4. The van der Waals surface area contributed by atoms with Gasteiger partial charge in [-0.05, 0) is 24.6 Å². The zero-order chi connectivity index (χ0) is 26.1. The summed E-state index contributed by atoms with van der Waals surface area (Å²) in [5.74, 6) is 0.837. The number of hydrogen-bond donors (Lipinski definition) is 1. The maximum absolute atomic E-state index is 12.1. The molecule has 0 radical (unpaired) electrons. The maximum Gasteiger partial charge on any atom is 0.336 e. The summed E-state index contributed by atoms with van der Waals surface area (Å²) in [5.41, 5.74) is 1.55. The number of fused-ring (bicyclic) bond motifs is 1. The number of phenolic OH excluding ortho intramolecular Hbond substituents is 1. The van der Waals surface area contributed by atoms with Crippen molar-refractivity contribution in [3.8, 4) is 22.6 Å². The molecule has 3 rings (SSSR count). The van der Waals surface area contributed by atoms with E-state index in [0.717, 1.165) is 28.7 Å². The molecule has 0 bridgehead atoms. The highest BCUT2D eigenvalue weighted by atomic mass is 16.5. The van der Waals surface area contributed by atoms with Crippen molar-refractivity contribution in [2.24, 2.45) is 0 Å². The van der Waals surface area contributed by atoms with Gasteiger partial charge in [0.25, 0.3) is 0 Å². The number of unbranched alkanes of at least 4 members (excludes halogenated alkanes) is 15. The summed E-state index contributed by atoms with van der Waals surface area (Å²) in [4.78, 5) is 12.1. The second kappa shape index (κ2) is 16.9. The molecule has 1 aromatic heterocycles. The van der Waals surface area contributed by atoms with Crippen LogP contribution in [0, 0.1) is 0 Å². The molecule has 1 N–H and O–H groups in total. The second-order valence-corrected chi connectivity index (χ2v) is 10.3. The van der Waals surface area contributed by atoms with Gasteiger partial charge in [-0.2, -0.15) is 0 Å². The van der Waals surface area contributed by atoms with Crippen LogP contribution in [0.2, 0.25) is 0 Å². The van der Waals surface area contributed by atoms with Crippen LogP contribution < -0.4 is 10.4 Å². The fraction of sp³-hybridized carbons (Fsp3) is 0.545. The van der Waals surface area contributed by atoms with E-state index in [4.69, 9.17) is 9.15 Å². The molecule has 0 saturated carbocycles. The Morgan fingerprint density at radius 2 is 1.24 bits per heavy atom. The van der Waals surface area contributed by atoms with Gasteiger partial charge >= 0.3 is 5.63 Å². The number of para-hydroxylation sites is 1. The second-order valence-electron chi connectivity index (χ2n) is 10.3. The van der Waals surface area contributed by atoms with Crippen LogP contribution in [0.3, 0.4) is 0 Å². The summed E-state index contributed by atoms with van der Waals surface area (Å²) in [6.07, 6.45) is 21.6. The lowest BCUT2D eigenvalue weighted by molar-refractivity contribution is 0.305. The summed E-state index contributed by atoms with van der Waals surface area (Å²) in [6.45, 7) is 2.94. The van der Waals surface area contributed by atoms with Crippen LogP contribution in [-0.4, -0.2) is 11.7 Å². The van der Waals surface area contributed by atoms with Gasteiger partial charge in [0.1, 0.15) is 17.1 Å². The van der Waals surface area contributed by atoms with Gasteiger partial charge in [-0.15, -0.1) is 0 Å². The van der Waals surface area contributed by atoms with E-state index in [1.165, 1.54) is 108 Å². The molecule has 0 aliphatic rings. The minimum absolute atomic E-state index is 0.0702. The predicted octanol–water partition coefficient (Wildman–Crippen LogP) is 9.81. The molecule has 0 atom stereocenters. The zero-order valence-electron chi connectivity index (χ0n) is 22.8. The lowest BCUT2D eigenvalue weighted by Gasteiger charge is -2.13. The average Bonchev–Trinajstić information content (AvgIpc) is 2.90. The van der Waals surface area contributed by atoms with Crippen molar-refractivity contribution in [1.29, 1.82) is 0 Å². The van der Waals surface area contributed by atoms with E-state index in [9.17, 15) is 9.90 Å². The number of rotatable bonds is 19. The molecule has 2 aromatic carbocycles. The standard InChI is InChI=1S/C33H46O4/c1-2-3-4-5-6-7-8-9-10-11-12-13-14-15-16-19-24-36-31-21-18-17-20-28(31)30-26-33(35)37-32-25-27(34)22-23-29(30)32/h17-18,20-23,25-26,34H,2-16,19,24H2,1H3. The van der Waals surface area contributed by atoms with Crippen molar-refractivity contribution in [1.82, 2.24) is 0 Å². The molecule has 0 amide bonds. The number of hydrogen-bond acceptors (Lipinski definition) is 4. The largest absolute Gasteiger partial charge is 0.508 e. The van der Waals surface area contributed by atoms with Gasteiger partial charge < -0.3 is 14.3 Å². The van der Waals surface area contributed by atoms with Crippen LogP contribution in [0.15, 0.2) is 57.7 Å². The van der Waals surface area contributed by atoms with Gasteiger partial charge in [0.15, 0.2) is 0 Å². The van der Waals surface area contributed by atoms with Crippen molar-refractivity contribution in [2.75, 3.05) is 6.61 Å².